The highest BCUT2D eigenvalue weighted by atomic mass is 16.5. The number of aromatic nitrogens is 2. The second kappa shape index (κ2) is 4.80. The standard InChI is InChI=1S/C14H16N2O2/c1-10-15-14(16-18-10)11-6-8-13(9-7-11)17-12-4-2-3-5-12/h6-9,12H,2-5H2,1H3. The van der Waals surface area contributed by atoms with E-state index in [9.17, 15) is 0 Å². The first-order valence-corrected chi connectivity index (χ1v) is 6.39. The molecular formula is C14H16N2O2. The third-order valence-electron chi connectivity index (χ3n) is 3.25. The summed E-state index contributed by atoms with van der Waals surface area (Å²) in [5, 5.41) is 3.89. The maximum atomic E-state index is 5.91. The molecule has 1 aromatic heterocycles. The van der Waals surface area contributed by atoms with Gasteiger partial charge in [-0.3, -0.25) is 0 Å². The number of aryl methyl sites for hydroxylation is 1. The normalized spacial score (nSPS) is 16.1. The van der Waals surface area contributed by atoms with Crippen molar-refractivity contribution in [2.75, 3.05) is 0 Å². The van der Waals surface area contributed by atoms with E-state index in [2.05, 4.69) is 10.1 Å². The minimum Gasteiger partial charge on any atom is -0.490 e. The van der Waals surface area contributed by atoms with Gasteiger partial charge in [0.15, 0.2) is 0 Å². The quantitative estimate of drug-likeness (QED) is 0.830. The summed E-state index contributed by atoms with van der Waals surface area (Å²) in [6, 6.07) is 7.88. The molecule has 0 N–H and O–H groups in total. The Morgan fingerprint density at radius 1 is 1.17 bits per heavy atom. The lowest BCUT2D eigenvalue weighted by Crippen LogP contribution is -2.10. The average Bonchev–Trinajstić information content (AvgIpc) is 3.02. The molecule has 0 unspecified atom stereocenters. The molecule has 0 bridgehead atoms. The predicted octanol–water partition coefficient (Wildman–Crippen LogP) is 3.37. The molecule has 0 radical (unpaired) electrons. The predicted molar refractivity (Wildman–Crippen MR) is 67.4 cm³/mol. The van der Waals surface area contributed by atoms with Crippen molar-refractivity contribution in [3.8, 4) is 17.1 Å². The third-order valence-corrected chi connectivity index (χ3v) is 3.25. The molecule has 0 saturated heterocycles. The molecule has 94 valence electrons. The zero-order valence-corrected chi connectivity index (χ0v) is 10.4. The Balaban J connectivity index is 1.72. The van der Waals surface area contributed by atoms with Gasteiger partial charge in [-0.15, -0.1) is 0 Å². The SMILES string of the molecule is Cc1nc(-c2ccc(OC3CCCC3)cc2)no1. The second-order valence-corrected chi connectivity index (χ2v) is 4.69. The molecule has 1 fully saturated rings. The zero-order valence-electron chi connectivity index (χ0n) is 10.4. The van der Waals surface area contributed by atoms with Gasteiger partial charge in [-0.2, -0.15) is 4.98 Å². The van der Waals surface area contributed by atoms with E-state index in [0.717, 1.165) is 11.3 Å². The van der Waals surface area contributed by atoms with Crippen LogP contribution in [0.2, 0.25) is 0 Å². The molecule has 1 aliphatic rings. The highest BCUT2D eigenvalue weighted by Crippen LogP contribution is 2.25. The molecule has 0 spiro atoms. The van der Waals surface area contributed by atoms with Gasteiger partial charge in [0.05, 0.1) is 6.10 Å². The molecule has 0 amide bonds. The fraction of sp³-hybridized carbons (Fsp3) is 0.429. The van der Waals surface area contributed by atoms with Crippen LogP contribution in [-0.2, 0) is 0 Å². The summed E-state index contributed by atoms with van der Waals surface area (Å²) in [5.74, 6) is 2.13. The van der Waals surface area contributed by atoms with Crippen molar-refractivity contribution >= 4 is 0 Å². The van der Waals surface area contributed by atoms with E-state index in [-0.39, 0.29) is 0 Å². The van der Waals surface area contributed by atoms with Crippen LogP contribution in [0.1, 0.15) is 31.6 Å². The minimum absolute atomic E-state index is 0.392. The number of rotatable bonds is 3. The van der Waals surface area contributed by atoms with Crippen LogP contribution in [-0.4, -0.2) is 16.2 Å². The van der Waals surface area contributed by atoms with Crippen LogP contribution in [0.3, 0.4) is 0 Å². The highest BCUT2D eigenvalue weighted by Gasteiger charge is 2.16. The van der Waals surface area contributed by atoms with Crippen LogP contribution in [0.15, 0.2) is 28.8 Å². The Labute approximate surface area is 106 Å². The average molecular weight is 244 g/mol. The van der Waals surface area contributed by atoms with Crippen LogP contribution in [0.25, 0.3) is 11.4 Å². The number of benzene rings is 1. The van der Waals surface area contributed by atoms with Crippen molar-refractivity contribution in [2.24, 2.45) is 0 Å². The number of nitrogens with zero attached hydrogens (tertiary/aromatic N) is 2. The van der Waals surface area contributed by atoms with Crippen molar-refractivity contribution in [2.45, 2.75) is 38.7 Å². The smallest absolute Gasteiger partial charge is 0.223 e. The van der Waals surface area contributed by atoms with E-state index >= 15 is 0 Å². The largest absolute Gasteiger partial charge is 0.490 e. The summed E-state index contributed by atoms with van der Waals surface area (Å²) in [6.07, 6.45) is 5.30. The molecule has 1 heterocycles. The van der Waals surface area contributed by atoms with Crippen LogP contribution in [0.4, 0.5) is 0 Å². The van der Waals surface area contributed by atoms with Gasteiger partial charge in [-0.1, -0.05) is 5.16 Å². The lowest BCUT2D eigenvalue weighted by molar-refractivity contribution is 0.210. The van der Waals surface area contributed by atoms with Gasteiger partial charge in [0.2, 0.25) is 11.7 Å². The van der Waals surface area contributed by atoms with Gasteiger partial charge in [0.1, 0.15) is 5.75 Å². The summed E-state index contributed by atoms with van der Waals surface area (Å²) in [7, 11) is 0. The van der Waals surface area contributed by atoms with Crippen LogP contribution in [0, 0.1) is 6.92 Å². The van der Waals surface area contributed by atoms with Crippen molar-refractivity contribution in [1.82, 2.24) is 10.1 Å². The summed E-state index contributed by atoms with van der Waals surface area (Å²) in [5.41, 5.74) is 0.950. The lowest BCUT2D eigenvalue weighted by atomic mass is 10.2. The Hall–Kier alpha value is -1.84. The molecule has 1 aliphatic carbocycles. The Kier molecular flexibility index (Phi) is 3.00. The summed E-state index contributed by atoms with van der Waals surface area (Å²) in [4.78, 5) is 4.20. The fourth-order valence-corrected chi connectivity index (χ4v) is 2.30. The molecule has 1 aromatic carbocycles. The topological polar surface area (TPSA) is 48.2 Å². The first-order chi connectivity index (χ1) is 8.81. The molecule has 0 aliphatic heterocycles. The second-order valence-electron chi connectivity index (χ2n) is 4.69. The maximum absolute atomic E-state index is 5.91. The van der Waals surface area contributed by atoms with Gasteiger partial charge in [0.25, 0.3) is 0 Å². The minimum atomic E-state index is 0.392. The molecule has 0 atom stereocenters. The first kappa shape index (κ1) is 11.3. The molecule has 18 heavy (non-hydrogen) atoms. The fourth-order valence-electron chi connectivity index (χ4n) is 2.30. The molecular weight excluding hydrogens is 228 g/mol. The summed E-state index contributed by atoms with van der Waals surface area (Å²) in [6.45, 7) is 1.79. The van der Waals surface area contributed by atoms with E-state index in [4.69, 9.17) is 9.26 Å². The first-order valence-electron chi connectivity index (χ1n) is 6.39. The molecule has 4 heteroatoms. The Bertz CT molecular complexity index is 513. The summed E-state index contributed by atoms with van der Waals surface area (Å²) < 4.78 is 10.9. The molecule has 1 saturated carbocycles. The maximum Gasteiger partial charge on any atom is 0.223 e. The van der Waals surface area contributed by atoms with Crippen LogP contribution >= 0.6 is 0 Å². The van der Waals surface area contributed by atoms with Gasteiger partial charge in [0, 0.05) is 12.5 Å². The Morgan fingerprint density at radius 3 is 2.50 bits per heavy atom. The van der Waals surface area contributed by atoms with E-state index < -0.39 is 0 Å². The van der Waals surface area contributed by atoms with Crippen molar-refractivity contribution in [1.29, 1.82) is 0 Å². The van der Waals surface area contributed by atoms with E-state index in [1.165, 1.54) is 25.7 Å². The van der Waals surface area contributed by atoms with Crippen molar-refractivity contribution < 1.29 is 9.26 Å². The van der Waals surface area contributed by atoms with Gasteiger partial charge >= 0.3 is 0 Å². The lowest BCUT2D eigenvalue weighted by Gasteiger charge is -2.12. The Morgan fingerprint density at radius 2 is 1.89 bits per heavy atom. The van der Waals surface area contributed by atoms with Crippen molar-refractivity contribution in [3.63, 3.8) is 0 Å². The van der Waals surface area contributed by atoms with Crippen molar-refractivity contribution in [3.05, 3.63) is 30.2 Å². The number of hydrogen-bond donors (Lipinski definition) is 0. The third kappa shape index (κ3) is 2.37. The zero-order chi connectivity index (χ0) is 12.4. The summed E-state index contributed by atoms with van der Waals surface area (Å²) >= 11 is 0. The van der Waals surface area contributed by atoms with Crippen LogP contribution in [0.5, 0.6) is 5.75 Å². The van der Waals surface area contributed by atoms with E-state index in [1.54, 1.807) is 6.92 Å². The number of ether oxygens (including phenoxy) is 1. The highest BCUT2D eigenvalue weighted by molar-refractivity contribution is 5.55. The molecule has 4 nitrogen and oxygen atoms in total. The van der Waals surface area contributed by atoms with E-state index in [1.807, 2.05) is 24.3 Å². The molecule has 3 rings (SSSR count). The van der Waals surface area contributed by atoms with Crippen LogP contribution < -0.4 is 4.74 Å². The van der Waals surface area contributed by atoms with Gasteiger partial charge in [-0.25, -0.2) is 0 Å². The monoisotopic (exact) mass is 244 g/mol. The number of hydrogen-bond acceptors (Lipinski definition) is 4. The van der Waals surface area contributed by atoms with Gasteiger partial charge < -0.3 is 9.26 Å². The van der Waals surface area contributed by atoms with E-state index in [0.29, 0.717) is 17.8 Å². The molecule has 2 aromatic rings. The van der Waals surface area contributed by atoms with Gasteiger partial charge in [-0.05, 0) is 49.9 Å².